The fraction of sp³-hybridized carbons (Fsp3) is 0.292. The number of allylic oxidation sites excluding steroid dienone is 2. The first kappa shape index (κ1) is 21.3. The predicted molar refractivity (Wildman–Crippen MR) is 118 cm³/mol. The summed E-state index contributed by atoms with van der Waals surface area (Å²) in [6.07, 6.45) is 5.37. The normalized spacial score (nSPS) is 12.4. The molecule has 1 heterocycles. The Hall–Kier alpha value is -3.41. The van der Waals surface area contributed by atoms with Gasteiger partial charge in [-0.05, 0) is 43.0 Å². The van der Waals surface area contributed by atoms with Gasteiger partial charge in [-0.2, -0.15) is 5.10 Å². The Morgan fingerprint density at radius 1 is 1.17 bits per heavy atom. The van der Waals surface area contributed by atoms with Gasteiger partial charge < -0.3 is 5.11 Å². The quantitative estimate of drug-likeness (QED) is 0.558. The first-order valence-corrected chi connectivity index (χ1v) is 10.2. The largest absolute Gasteiger partial charge is 0.478 e. The molecule has 0 saturated heterocycles. The fourth-order valence-electron chi connectivity index (χ4n) is 3.34. The van der Waals surface area contributed by atoms with Crippen molar-refractivity contribution in [2.24, 2.45) is 0 Å². The van der Waals surface area contributed by atoms with Crippen LogP contribution in [0.15, 0.2) is 65.5 Å². The van der Waals surface area contributed by atoms with Gasteiger partial charge in [0.25, 0.3) is 0 Å². The van der Waals surface area contributed by atoms with Gasteiger partial charge in [-0.25, -0.2) is 14.3 Å². The number of aromatic nitrogens is 3. The molecule has 3 aromatic rings. The molecule has 0 spiro atoms. The molecule has 0 bridgehead atoms. The first-order chi connectivity index (χ1) is 14.5. The van der Waals surface area contributed by atoms with Gasteiger partial charge in [-0.15, -0.1) is 0 Å². The highest BCUT2D eigenvalue weighted by molar-refractivity contribution is 5.95. The highest BCUT2D eigenvalue weighted by Gasteiger charge is 2.16. The maximum Gasteiger partial charge on any atom is 0.346 e. The molecule has 0 fully saturated rings. The fourth-order valence-corrected chi connectivity index (χ4v) is 3.34. The van der Waals surface area contributed by atoms with E-state index in [0.717, 1.165) is 23.4 Å². The van der Waals surface area contributed by atoms with Crippen LogP contribution in [0.25, 0.3) is 11.1 Å². The Balaban J connectivity index is 1.93. The number of aromatic carboxylic acids is 1. The first-order valence-electron chi connectivity index (χ1n) is 10.2. The smallest absolute Gasteiger partial charge is 0.346 e. The standard InChI is InChI=1S/C24H27N3O3/c1-4-6-11-22-25-27(17(3)5-2)24(30)26(22)16-18-12-14-19(15-13-18)20-9-7-8-10-21(20)23(28)29/h4,6-10,12-15,17H,5,11,16H2,1-3H3,(H,28,29). The monoisotopic (exact) mass is 405 g/mol. The summed E-state index contributed by atoms with van der Waals surface area (Å²) < 4.78 is 3.28. The summed E-state index contributed by atoms with van der Waals surface area (Å²) in [5.41, 5.74) is 2.62. The van der Waals surface area contributed by atoms with Gasteiger partial charge in [0.15, 0.2) is 0 Å². The zero-order valence-electron chi connectivity index (χ0n) is 17.6. The average Bonchev–Trinajstić information content (AvgIpc) is 3.07. The summed E-state index contributed by atoms with van der Waals surface area (Å²) >= 11 is 0. The van der Waals surface area contributed by atoms with E-state index in [9.17, 15) is 14.7 Å². The van der Waals surface area contributed by atoms with Crippen molar-refractivity contribution < 1.29 is 9.90 Å². The van der Waals surface area contributed by atoms with Gasteiger partial charge in [0.05, 0.1) is 18.2 Å². The summed E-state index contributed by atoms with van der Waals surface area (Å²) in [5.74, 6) is -0.217. The number of hydrogen-bond donors (Lipinski definition) is 1. The predicted octanol–water partition coefficient (Wildman–Crippen LogP) is 4.55. The van der Waals surface area contributed by atoms with Crippen LogP contribution >= 0.6 is 0 Å². The van der Waals surface area contributed by atoms with Gasteiger partial charge in [-0.3, -0.25) is 4.57 Å². The van der Waals surface area contributed by atoms with Crippen molar-refractivity contribution in [2.75, 3.05) is 0 Å². The van der Waals surface area contributed by atoms with E-state index in [-0.39, 0.29) is 17.3 Å². The molecule has 0 radical (unpaired) electrons. The summed E-state index contributed by atoms with van der Waals surface area (Å²) in [7, 11) is 0. The van der Waals surface area contributed by atoms with Gasteiger partial charge in [0.1, 0.15) is 5.82 Å². The third kappa shape index (κ3) is 4.43. The Bertz CT molecular complexity index is 1110. The summed E-state index contributed by atoms with van der Waals surface area (Å²) in [4.78, 5) is 24.4. The van der Waals surface area contributed by atoms with Crippen molar-refractivity contribution >= 4 is 5.97 Å². The number of rotatable bonds is 8. The van der Waals surface area contributed by atoms with E-state index in [0.29, 0.717) is 18.5 Å². The van der Waals surface area contributed by atoms with Crippen LogP contribution in [0.2, 0.25) is 0 Å². The molecule has 6 heteroatoms. The number of carboxylic acids is 1. The van der Waals surface area contributed by atoms with Crippen LogP contribution in [0.3, 0.4) is 0 Å². The van der Waals surface area contributed by atoms with Crippen molar-refractivity contribution in [1.29, 1.82) is 0 Å². The zero-order chi connectivity index (χ0) is 21.7. The van der Waals surface area contributed by atoms with Crippen LogP contribution in [-0.2, 0) is 13.0 Å². The van der Waals surface area contributed by atoms with Gasteiger partial charge in [-0.1, -0.05) is 61.5 Å². The molecule has 0 saturated carbocycles. The summed E-state index contributed by atoms with van der Waals surface area (Å²) in [5, 5.41) is 14.0. The molecule has 0 aliphatic rings. The van der Waals surface area contributed by atoms with Crippen molar-refractivity contribution in [2.45, 2.75) is 46.2 Å². The molecule has 0 amide bonds. The highest BCUT2D eigenvalue weighted by Crippen LogP contribution is 2.24. The highest BCUT2D eigenvalue weighted by atomic mass is 16.4. The average molecular weight is 405 g/mol. The summed E-state index contributed by atoms with van der Waals surface area (Å²) in [6.45, 7) is 6.40. The maximum absolute atomic E-state index is 12.9. The Kier molecular flexibility index (Phi) is 6.67. The van der Waals surface area contributed by atoms with Crippen LogP contribution in [0.5, 0.6) is 0 Å². The third-order valence-corrected chi connectivity index (χ3v) is 5.27. The van der Waals surface area contributed by atoms with Gasteiger partial charge >= 0.3 is 11.7 Å². The molecular weight excluding hydrogens is 378 g/mol. The number of hydrogen-bond acceptors (Lipinski definition) is 3. The molecule has 6 nitrogen and oxygen atoms in total. The zero-order valence-corrected chi connectivity index (χ0v) is 17.6. The minimum Gasteiger partial charge on any atom is -0.478 e. The number of nitrogens with zero attached hydrogens (tertiary/aromatic N) is 3. The lowest BCUT2D eigenvalue weighted by Crippen LogP contribution is -2.27. The minimum atomic E-state index is -0.952. The van der Waals surface area contributed by atoms with Crippen molar-refractivity contribution in [3.63, 3.8) is 0 Å². The van der Waals surface area contributed by atoms with E-state index in [1.165, 1.54) is 0 Å². The third-order valence-electron chi connectivity index (χ3n) is 5.27. The molecule has 2 aromatic carbocycles. The molecule has 1 N–H and O–H groups in total. The second kappa shape index (κ2) is 9.39. The van der Waals surface area contributed by atoms with E-state index in [1.807, 2.05) is 63.3 Å². The Morgan fingerprint density at radius 2 is 1.87 bits per heavy atom. The number of carbonyl (C=O) groups is 1. The Morgan fingerprint density at radius 3 is 2.50 bits per heavy atom. The molecule has 1 atom stereocenters. The van der Waals surface area contributed by atoms with Crippen molar-refractivity contribution in [1.82, 2.24) is 14.3 Å². The van der Waals surface area contributed by atoms with Gasteiger partial charge in [0.2, 0.25) is 0 Å². The van der Waals surface area contributed by atoms with Crippen LogP contribution in [0, 0.1) is 0 Å². The minimum absolute atomic E-state index is 0.0398. The topological polar surface area (TPSA) is 77.1 Å². The van der Waals surface area contributed by atoms with Crippen LogP contribution in [0.1, 0.15) is 55.0 Å². The van der Waals surface area contributed by atoms with E-state index in [4.69, 9.17) is 0 Å². The lowest BCUT2D eigenvalue weighted by molar-refractivity contribution is 0.0697. The van der Waals surface area contributed by atoms with E-state index in [2.05, 4.69) is 5.10 Å². The molecule has 1 unspecified atom stereocenters. The Labute approximate surface area is 176 Å². The molecule has 156 valence electrons. The molecule has 0 aliphatic carbocycles. The van der Waals surface area contributed by atoms with Crippen molar-refractivity contribution in [3.05, 3.63) is 88.1 Å². The van der Waals surface area contributed by atoms with E-state index in [1.54, 1.807) is 27.4 Å². The van der Waals surface area contributed by atoms with E-state index < -0.39 is 5.97 Å². The second-order valence-corrected chi connectivity index (χ2v) is 7.31. The SMILES string of the molecule is CC=CCc1nn(C(C)CC)c(=O)n1Cc1ccc(-c2ccccc2C(=O)O)cc1. The molecule has 3 rings (SSSR count). The van der Waals surface area contributed by atoms with Crippen LogP contribution in [0.4, 0.5) is 0 Å². The van der Waals surface area contributed by atoms with E-state index >= 15 is 0 Å². The molecule has 1 aromatic heterocycles. The summed E-state index contributed by atoms with van der Waals surface area (Å²) in [6, 6.07) is 14.6. The molecule has 30 heavy (non-hydrogen) atoms. The second-order valence-electron chi connectivity index (χ2n) is 7.31. The number of benzene rings is 2. The lowest BCUT2D eigenvalue weighted by atomic mass is 9.99. The number of carboxylic acid groups (broad SMARTS) is 1. The van der Waals surface area contributed by atoms with Gasteiger partial charge in [0, 0.05) is 6.42 Å². The van der Waals surface area contributed by atoms with Crippen molar-refractivity contribution in [3.8, 4) is 11.1 Å². The van der Waals surface area contributed by atoms with Crippen LogP contribution < -0.4 is 5.69 Å². The maximum atomic E-state index is 12.9. The van der Waals surface area contributed by atoms with Crippen LogP contribution in [-0.4, -0.2) is 25.4 Å². The molecular formula is C24H27N3O3. The lowest BCUT2D eigenvalue weighted by Gasteiger charge is -2.09. The molecule has 0 aliphatic heterocycles.